The Hall–Kier alpha value is -4.35. The molecule has 2 heterocycles. The summed E-state index contributed by atoms with van der Waals surface area (Å²) in [4.78, 5) is 30.5. The first-order valence-corrected chi connectivity index (χ1v) is 12.4. The van der Waals surface area contributed by atoms with Crippen LogP contribution in [0.25, 0.3) is 22.6 Å². The fourth-order valence-electron chi connectivity index (χ4n) is 4.22. The minimum atomic E-state index is -0.557. The van der Waals surface area contributed by atoms with Gasteiger partial charge in [-0.1, -0.05) is 6.07 Å². The van der Waals surface area contributed by atoms with Crippen molar-refractivity contribution in [2.24, 2.45) is 0 Å². The van der Waals surface area contributed by atoms with Gasteiger partial charge < -0.3 is 19.4 Å². The molecule has 0 bridgehead atoms. The number of hydrogen-bond acceptors (Lipinski definition) is 8. The Kier molecular flexibility index (Phi) is 7.03. The quantitative estimate of drug-likeness (QED) is 0.208. The van der Waals surface area contributed by atoms with E-state index in [0.717, 1.165) is 11.1 Å². The first-order chi connectivity index (χ1) is 18.3. The van der Waals surface area contributed by atoms with Crippen molar-refractivity contribution in [3.05, 3.63) is 81.4 Å². The minimum Gasteiger partial charge on any atom is -0.436 e. The predicted octanol–water partition coefficient (Wildman–Crippen LogP) is 4.98. The monoisotopic (exact) mass is 531 g/mol. The van der Waals surface area contributed by atoms with Gasteiger partial charge in [-0.25, -0.2) is 4.98 Å². The number of benzene rings is 3. The summed E-state index contributed by atoms with van der Waals surface area (Å²) in [6.45, 7) is 6.16. The highest BCUT2D eigenvalue weighted by Gasteiger charge is 2.23. The largest absolute Gasteiger partial charge is 0.436 e. The highest BCUT2D eigenvalue weighted by Crippen LogP contribution is 2.30. The standard InChI is InChI=1S/C27H25N5O5S/c1-16-3-4-19(13-17(16)2)26-29-21-15-20(6-8-24(21)37-26)28-27(38)30-25(33)18-5-7-22(23(14-18)32(34)35)31-9-11-36-12-10-31/h3-8,13-15H,9-12H2,1-2H3,(H2,28,30,33,38). The van der Waals surface area contributed by atoms with Gasteiger partial charge in [-0.3, -0.25) is 20.2 Å². The van der Waals surface area contributed by atoms with Crippen LogP contribution >= 0.6 is 12.2 Å². The topological polar surface area (TPSA) is 123 Å². The van der Waals surface area contributed by atoms with Crippen LogP contribution in [0, 0.1) is 24.0 Å². The van der Waals surface area contributed by atoms with Crippen molar-refractivity contribution in [1.29, 1.82) is 0 Å². The summed E-state index contributed by atoms with van der Waals surface area (Å²) in [6.07, 6.45) is 0. The summed E-state index contributed by atoms with van der Waals surface area (Å²) in [5.74, 6) is -0.0445. The Labute approximate surface area is 223 Å². The molecular weight excluding hydrogens is 506 g/mol. The number of carbonyl (C=O) groups excluding carboxylic acids is 1. The Balaban J connectivity index is 1.28. The number of nitro benzene ring substituents is 1. The normalized spacial score (nSPS) is 13.4. The zero-order valence-electron chi connectivity index (χ0n) is 20.8. The minimum absolute atomic E-state index is 0.0483. The fourth-order valence-corrected chi connectivity index (χ4v) is 4.43. The Morgan fingerprint density at radius 2 is 1.84 bits per heavy atom. The van der Waals surface area contributed by atoms with Crippen LogP contribution in [0.1, 0.15) is 21.5 Å². The van der Waals surface area contributed by atoms with Gasteiger partial charge in [-0.15, -0.1) is 0 Å². The lowest BCUT2D eigenvalue weighted by Crippen LogP contribution is -2.37. The average Bonchev–Trinajstić information content (AvgIpc) is 3.33. The summed E-state index contributed by atoms with van der Waals surface area (Å²) in [5.41, 5.74) is 5.52. The summed E-state index contributed by atoms with van der Waals surface area (Å²) < 4.78 is 11.2. The zero-order chi connectivity index (χ0) is 26.8. The third kappa shape index (κ3) is 5.34. The van der Waals surface area contributed by atoms with E-state index in [4.69, 9.17) is 21.4 Å². The molecule has 0 atom stereocenters. The lowest BCUT2D eigenvalue weighted by atomic mass is 10.1. The van der Waals surface area contributed by atoms with E-state index in [1.54, 1.807) is 30.3 Å². The molecule has 11 heteroatoms. The lowest BCUT2D eigenvalue weighted by molar-refractivity contribution is -0.384. The lowest BCUT2D eigenvalue weighted by Gasteiger charge is -2.28. The van der Waals surface area contributed by atoms with Gasteiger partial charge >= 0.3 is 0 Å². The number of anilines is 2. The maximum atomic E-state index is 12.8. The van der Waals surface area contributed by atoms with Gasteiger partial charge in [0.1, 0.15) is 11.2 Å². The molecule has 0 spiro atoms. The van der Waals surface area contributed by atoms with E-state index in [9.17, 15) is 14.9 Å². The molecule has 1 fully saturated rings. The van der Waals surface area contributed by atoms with Crippen molar-refractivity contribution in [2.75, 3.05) is 36.5 Å². The van der Waals surface area contributed by atoms with Crippen LogP contribution in [-0.2, 0) is 4.74 Å². The molecule has 0 aliphatic carbocycles. The number of amides is 1. The Morgan fingerprint density at radius 3 is 2.58 bits per heavy atom. The number of nitrogens with zero attached hydrogens (tertiary/aromatic N) is 3. The number of nitro groups is 1. The first kappa shape index (κ1) is 25.3. The van der Waals surface area contributed by atoms with Gasteiger partial charge in [-0.05, 0) is 79.7 Å². The van der Waals surface area contributed by atoms with Crippen LogP contribution < -0.4 is 15.5 Å². The van der Waals surface area contributed by atoms with E-state index in [1.165, 1.54) is 11.6 Å². The summed E-state index contributed by atoms with van der Waals surface area (Å²) in [7, 11) is 0. The number of morpholine rings is 1. The first-order valence-electron chi connectivity index (χ1n) is 12.0. The summed E-state index contributed by atoms with van der Waals surface area (Å²) in [5, 5.41) is 17.3. The molecule has 194 valence electrons. The maximum absolute atomic E-state index is 12.8. The Bertz CT molecular complexity index is 1560. The molecule has 1 aliphatic rings. The maximum Gasteiger partial charge on any atom is 0.293 e. The number of ether oxygens (including phenoxy) is 1. The van der Waals surface area contributed by atoms with Crippen molar-refractivity contribution >= 4 is 51.4 Å². The van der Waals surface area contributed by atoms with Crippen molar-refractivity contribution < 1.29 is 18.9 Å². The molecule has 1 aliphatic heterocycles. The number of fused-ring (bicyclic) bond motifs is 1. The molecule has 1 aromatic heterocycles. The van der Waals surface area contributed by atoms with Crippen LogP contribution in [-0.4, -0.2) is 47.2 Å². The average molecular weight is 532 g/mol. The highest BCUT2D eigenvalue weighted by molar-refractivity contribution is 7.80. The van der Waals surface area contributed by atoms with Gasteiger partial charge in [0.2, 0.25) is 5.89 Å². The van der Waals surface area contributed by atoms with Crippen molar-refractivity contribution in [2.45, 2.75) is 13.8 Å². The second kappa shape index (κ2) is 10.6. The molecule has 0 saturated carbocycles. The second-order valence-electron chi connectivity index (χ2n) is 8.97. The molecule has 0 unspecified atom stereocenters. The third-order valence-corrected chi connectivity index (χ3v) is 6.62. The number of oxazole rings is 1. The third-order valence-electron chi connectivity index (χ3n) is 6.41. The molecule has 1 amide bonds. The molecule has 10 nitrogen and oxygen atoms in total. The predicted molar refractivity (Wildman–Crippen MR) is 149 cm³/mol. The smallest absolute Gasteiger partial charge is 0.293 e. The highest BCUT2D eigenvalue weighted by atomic mass is 32.1. The van der Waals surface area contributed by atoms with Gasteiger partial charge in [0.05, 0.1) is 18.1 Å². The van der Waals surface area contributed by atoms with Gasteiger partial charge in [0.15, 0.2) is 10.7 Å². The van der Waals surface area contributed by atoms with E-state index < -0.39 is 10.8 Å². The van der Waals surface area contributed by atoms with Gasteiger partial charge in [0, 0.05) is 36.0 Å². The van der Waals surface area contributed by atoms with Crippen LogP contribution in [0.2, 0.25) is 0 Å². The molecule has 4 aromatic rings. The fraction of sp³-hybridized carbons (Fsp3) is 0.222. The van der Waals surface area contributed by atoms with E-state index >= 15 is 0 Å². The number of nitrogens with one attached hydrogen (secondary N) is 2. The van der Waals surface area contributed by atoms with Crippen molar-refractivity contribution in [3.8, 4) is 11.5 Å². The number of aryl methyl sites for hydroxylation is 2. The number of rotatable bonds is 5. The number of aromatic nitrogens is 1. The number of thiocarbonyl (C=S) groups is 1. The molecule has 0 radical (unpaired) electrons. The van der Waals surface area contributed by atoms with Gasteiger partial charge in [0.25, 0.3) is 11.6 Å². The summed E-state index contributed by atoms with van der Waals surface area (Å²) >= 11 is 5.31. The molecule has 5 rings (SSSR count). The van der Waals surface area contributed by atoms with E-state index in [1.807, 2.05) is 36.9 Å². The molecule has 38 heavy (non-hydrogen) atoms. The Morgan fingerprint density at radius 1 is 1.05 bits per heavy atom. The molecule has 1 saturated heterocycles. The van der Waals surface area contributed by atoms with Crippen LogP contribution in [0.3, 0.4) is 0 Å². The number of hydrogen-bond donors (Lipinski definition) is 2. The summed E-state index contributed by atoms with van der Waals surface area (Å²) in [6, 6.07) is 15.7. The van der Waals surface area contributed by atoms with E-state index in [-0.39, 0.29) is 16.4 Å². The molecule has 3 aromatic carbocycles. The van der Waals surface area contributed by atoms with Crippen LogP contribution in [0.15, 0.2) is 59.0 Å². The molecule has 2 N–H and O–H groups in total. The van der Waals surface area contributed by atoms with E-state index in [0.29, 0.717) is 54.7 Å². The van der Waals surface area contributed by atoms with E-state index in [2.05, 4.69) is 15.6 Å². The van der Waals surface area contributed by atoms with Crippen LogP contribution in [0.4, 0.5) is 17.1 Å². The molecular formula is C27H25N5O5S. The van der Waals surface area contributed by atoms with Crippen molar-refractivity contribution in [3.63, 3.8) is 0 Å². The zero-order valence-corrected chi connectivity index (χ0v) is 21.6. The second-order valence-corrected chi connectivity index (χ2v) is 9.38. The van der Waals surface area contributed by atoms with Gasteiger partial charge in [-0.2, -0.15) is 0 Å². The van der Waals surface area contributed by atoms with Crippen LogP contribution in [0.5, 0.6) is 0 Å². The SMILES string of the molecule is Cc1ccc(-c2nc3cc(NC(=S)NC(=O)c4ccc(N5CCOCC5)c([N+](=O)[O-])c4)ccc3o2)cc1C. The number of carbonyl (C=O) groups is 1. The van der Waals surface area contributed by atoms with Crippen molar-refractivity contribution in [1.82, 2.24) is 10.3 Å².